The molecule has 4 nitrogen and oxygen atoms in total. The number of aliphatic hydroxyl groups is 1. The quantitative estimate of drug-likeness (QED) is 0.885. The second kappa shape index (κ2) is 5.49. The van der Waals surface area contributed by atoms with Crippen molar-refractivity contribution in [2.45, 2.75) is 25.5 Å². The first-order valence-electron chi connectivity index (χ1n) is 6.38. The van der Waals surface area contributed by atoms with Gasteiger partial charge in [-0.05, 0) is 31.5 Å². The summed E-state index contributed by atoms with van der Waals surface area (Å²) in [5.41, 5.74) is 0.220. The Balaban J connectivity index is 2.07. The zero-order valence-electron chi connectivity index (χ0n) is 11.2. The topological polar surface area (TPSA) is 52.6 Å². The maximum Gasteiger partial charge on any atom is 0.240 e. The van der Waals surface area contributed by atoms with Gasteiger partial charge in [0.15, 0.2) is 0 Å². The number of piperazine rings is 1. The van der Waals surface area contributed by atoms with Crippen molar-refractivity contribution in [3.63, 3.8) is 0 Å². The van der Waals surface area contributed by atoms with E-state index in [0.717, 1.165) is 12.1 Å². The van der Waals surface area contributed by atoms with Gasteiger partial charge in [-0.2, -0.15) is 0 Å². The Morgan fingerprint density at radius 3 is 2.68 bits per heavy atom. The molecule has 0 spiro atoms. The van der Waals surface area contributed by atoms with Crippen molar-refractivity contribution >= 4 is 17.5 Å². The number of carbonyl (C=O) groups excluding carboxylic acids is 1. The number of nitrogens with one attached hydrogen (secondary N) is 1. The largest absolute Gasteiger partial charge is 0.387 e. The molecule has 1 unspecified atom stereocenters. The molecule has 104 valence electrons. The first-order valence-corrected chi connectivity index (χ1v) is 6.76. The summed E-state index contributed by atoms with van der Waals surface area (Å²) in [5.74, 6) is 0.00190. The molecule has 1 amide bonds. The maximum atomic E-state index is 11.8. The van der Waals surface area contributed by atoms with Gasteiger partial charge in [0, 0.05) is 24.7 Å². The minimum absolute atomic E-state index is 0.00190. The highest BCUT2D eigenvalue weighted by atomic mass is 35.5. The molecule has 1 fully saturated rings. The van der Waals surface area contributed by atoms with Crippen molar-refractivity contribution in [2.75, 3.05) is 19.6 Å². The predicted octanol–water partition coefficient (Wildman–Crippen LogP) is 1.58. The average Bonchev–Trinajstić information content (AvgIpc) is 2.36. The third-order valence-corrected chi connectivity index (χ3v) is 3.91. The van der Waals surface area contributed by atoms with Gasteiger partial charge in [0.2, 0.25) is 5.91 Å². The lowest BCUT2D eigenvalue weighted by Crippen LogP contribution is -2.62. The van der Waals surface area contributed by atoms with Crippen LogP contribution < -0.4 is 5.32 Å². The Kier molecular flexibility index (Phi) is 4.13. The minimum atomic E-state index is -0.623. The zero-order valence-corrected chi connectivity index (χ0v) is 11.9. The zero-order chi connectivity index (χ0) is 14.0. The highest BCUT2D eigenvalue weighted by molar-refractivity contribution is 6.30. The minimum Gasteiger partial charge on any atom is -0.387 e. The molecular formula is C14H19ClN2O2. The summed E-state index contributed by atoms with van der Waals surface area (Å²) < 4.78 is 0. The van der Waals surface area contributed by atoms with Gasteiger partial charge in [-0.1, -0.05) is 23.7 Å². The number of hydrogen-bond donors (Lipinski definition) is 2. The molecule has 0 aliphatic carbocycles. The number of amides is 1. The summed E-state index contributed by atoms with van der Waals surface area (Å²) in [4.78, 5) is 13.8. The summed E-state index contributed by atoms with van der Waals surface area (Å²) in [5, 5.41) is 13.8. The van der Waals surface area contributed by atoms with Gasteiger partial charge in [0.1, 0.15) is 0 Å². The summed E-state index contributed by atoms with van der Waals surface area (Å²) in [7, 11) is 0. The molecule has 1 atom stereocenters. The Morgan fingerprint density at radius 2 is 2.05 bits per heavy atom. The lowest BCUT2D eigenvalue weighted by atomic mass is 9.97. The molecule has 0 saturated carbocycles. The fourth-order valence-electron chi connectivity index (χ4n) is 2.26. The van der Waals surface area contributed by atoms with Crippen molar-refractivity contribution in [3.05, 3.63) is 34.9 Å². The molecule has 0 aromatic heterocycles. The fraction of sp³-hybridized carbons (Fsp3) is 0.500. The van der Waals surface area contributed by atoms with E-state index in [1.807, 2.05) is 30.9 Å². The van der Waals surface area contributed by atoms with Gasteiger partial charge in [0.25, 0.3) is 0 Å². The van der Waals surface area contributed by atoms with Crippen LogP contribution in [0.4, 0.5) is 0 Å². The molecule has 1 saturated heterocycles. The van der Waals surface area contributed by atoms with E-state index < -0.39 is 11.6 Å². The van der Waals surface area contributed by atoms with Gasteiger partial charge < -0.3 is 10.4 Å². The van der Waals surface area contributed by atoms with Crippen LogP contribution in [0.2, 0.25) is 5.02 Å². The Morgan fingerprint density at radius 1 is 1.42 bits per heavy atom. The van der Waals surface area contributed by atoms with E-state index in [-0.39, 0.29) is 5.91 Å². The first-order chi connectivity index (χ1) is 8.91. The number of β-amino-alcohol motifs (C(OH)–C–C–N with tert-alkyl or cyclic N) is 1. The summed E-state index contributed by atoms with van der Waals surface area (Å²) in [6, 6.07) is 7.14. The molecule has 19 heavy (non-hydrogen) atoms. The van der Waals surface area contributed by atoms with Gasteiger partial charge in [0.05, 0.1) is 11.6 Å². The van der Waals surface area contributed by atoms with Crippen molar-refractivity contribution in [2.24, 2.45) is 0 Å². The highest BCUT2D eigenvalue weighted by Crippen LogP contribution is 2.23. The van der Waals surface area contributed by atoms with Gasteiger partial charge in [-0.15, -0.1) is 0 Å². The standard InChI is InChI=1S/C14H19ClN2O2/c1-14(2)13(19)16-7-8-17(14)9-12(18)10-3-5-11(15)6-4-10/h3-6,12,18H,7-9H2,1-2H3,(H,16,19). The Hall–Kier alpha value is -1.10. The molecular weight excluding hydrogens is 264 g/mol. The van der Waals surface area contributed by atoms with Crippen molar-refractivity contribution in [1.29, 1.82) is 0 Å². The fourth-order valence-corrected chi connectivity index (χ4v) is 2.39. The van der Waals surface area contributed by atoms with Crippen LogP contribution in [0.15, 0.2) is 24.3 Å². The SMILES string of the molecule is CC1(C)C(=O)NCCN1CC(O)c1ccc(Cl)cc1. The molecule has 1 aliphatic heterocycles. The Labute approximate surface area is 118 Å². The van der Waals surface area contributed by atoms with E-state index >= 15 is 0 Å². The third-order valence-electron chi connectivity index (χ3n) is 3.66. The van der Waals surface area contributed by atoms with Crippen LogP contribution in [0.3, 0.4) is 0 Å². The normalized spacial score (nSPS) is 20.9. The molecule has 1 heterocycles. The molecule has 0 radical (unpaired) electrons. The maximum absolute atomic E-state index is 11.8. The number of aliphatic hydroxyl groups excluding tert-OH is 1. The molecule has 1 aromatic rings. The van der Waals surface area contributed by atoms with Crippen LogP contribution in [-0.4, -0.2) is 41.1 Å². The molecule has 5 heteroatoms. The first kappa shape index (κ1) is 14.3. The number of halogens is 1. The van der Waals surface area contributed by atoms with E-state index in [4.69, 9.17) is 11.6 Å². The number of carbonyl (C=O) groups is 1. The summed E-state index contributed by atoms with van der Waals surface area (Å²) in [6.07, 6.45) is -0.623. The molecule has 0 bridgehead atoms. The van der Waals surface area contributed by atoms with Crippen LogP contribution in [0, 0.1) is 0 Å². The number of rotatable bonds is 3. The molecule has 2 rings (SSSR count). The smallest absolute Gasteiger partial charge is 0.240 e. The predicted molar refractivity (Wildman–Crippen MR) is 75.1 cm³/mol. The van der Waals surface area contributed by atoms with Crippen LogP contribution >= 0.6 is 11.6 Å². The lowest BCUT2D eigenvalue weighted by Gasteiger charge is -2.42. The summed E-state index contributed by atoms with van der Waals surface area (Å²) >= 11 is 5.83. The van der Waals surface area contributed by atoms with Crippen LogP contribution in [-0.2, 0) is 4.79 Å². The van der Waals surface area contributed by atoms with E-state index in [1.54, 1.807) is 12.1 Å². The van der Waals surface area contributed by atoms with Gasteiger partial charge in [-0.25, -0.2) is 0 Å². The van der Waals surface area contributed by atoms with Gasteiger partial charge >= 0.3 is 0 Å². The Bertz CT molecular complexity index is 459. The third kappa shape index (κ3) is 3.08. The van der Waals surface area contributed by atoms with Gasteiger partial charge in [-0.3, -0.25) is 9.69 Å². The highest BCUT2D eigenvalue weighted by Gasteiger charge is 2.38. The number of hydrogen-bond acceptors (Lipinski definition) is 3. The average molecular weight is 283 g/mol. The monoisotopic (exact) mass is 282 g/mol. The second-order valence-corrected chi connectivity index (χ2v) is 5.76. The lowest BCUT2D eigenvalue weighted by molar-refractivity contribution is -0.136. The molecule has 1 aliphatic rings. The van der Waals surface area contributed by atoms with E-state index in [2.05, 4.69) is 5.32 Å². The summed E-state index contributed by atoms with van der Waals surface area (Å²) in [6.45, 7) is 5.53. The molecule has 1 aromatic carbocycles. The van der Waals surface area contributed by atoms with E-state index in [9.17, 15) is 9.90 Å². The van der Waals surface area contributed by atoms with Crippen LogP contribution in [0.25, 0.3) is 0 Å². The van der Waals surface area contributed by atoms with Crippen molar-refractivity contribution < 1.29 is 9.90 Å². The number of benzene rings is 1. The second-order valence-electron chi connectivity index (χ2n) is 5.33. The van der Waals surface area contributed by atoms with Crippen molar-refractivity contribution in [1.82, 2.24) is 10.2 Å². The van der Waals surface area contributed by atoms with E-state index in [1.165, 1.54) is 0 Å². The van der Waals surface area contributed by atoms with Crippen molar-refractivity contribution in [3.8, 4) is 0 Å². The van der Waals surface area contributed by atoms with E-state index in [0.29, 0.717) is 18.1 Å². The molecule has 2 N–H and O–H groups in total. The van der Waals surface area contributed by atoms with Crippen LogP contribution in [0.5, 0.6) is 0 Å². The van der Waals surface area contributed by atoms with Crippen LogP contribution in [0.1, 0.15) is 25.5 Å². The number of nitrogens with zero attached hydrogens (tertiary/aromatic N) is 1.